The van der Waals surface area contributed by atoms with Crippen LogP contribution in [0.15, 0.2) is 33.0 Å². The molecular weight excluding hydrogens is 267 g/mol. The second kappa shape index (κ2) is 5.58. The standard InChI is InChI=1S/C12H15FN4OS/c1-7(14-2)10-8(13)5-4-6-9(10)19-12-16-15-11(18)17(12)3/h4-7,14H,1-3H3,(H,15,18). The third-order valence-electron chi connectivity index (χ3n) is 2.92. The predicted octanol–water partition coefficient (Wildman–Crippen LogP) is 1.68. The minimum absolute atomic E-state index is 0.125. The van der Waals surface area contributed by atoms with Gasteiger partial charge in [0, 0.05) is 23.5 Å². The predicted molar refractivity (Wildman–Crippen MR) is 71.8 cm³/mol. The molecule has 0 amide bonds. The van der Waals surface area contributed by atoms with Crippen LogP contribution in [0, 0.1) is 5.82 Å². The van der Waals surface area contributed by atoms with Crippen molar-refractivity contribution in [3.05, 3.63) is 40.1 Å². The highest BCUT2D eigenvalue weighted by molar-refractivity contribution is 7.99. The summed E-state index contributed by atoms with van der Waals surface area (Å²) in [4.78, 5) is 12.1. The molecule has 0 spiro atoms. The van der Waals surface area contributed by atoms with E-state index in [-0.39, 0.29) is 17.5 Å². The Hall–Kier alpha value is -1.60. The lowest BCUT2D eigenvalue weighted by Gasteiger charge is -2.15. The minimum Gasteiger partial charge on any atom is -0.313 e. The zero-order valence-corrected chi connectivity index (χ0v) is 11.7. The van der Waals surface area contributed by atoms with Gasteiger partial charge in [-0.2, -0.15) is 0 Å². The number of H-pyrrole nitrogens is 1. The molecule has 1 heterocycles. The fourth-order valence-corrected chi connectivity index (χ4v) is 2.73. The lowest BCUT2D eigenvalue weighted by molar-refractivity contribution is 0.552. The molecule has 5 nitrogen and oxygen atoms in total. The smallest absolute Gasteiger partial charge is 0.313 e. The van der Waals surface area contributed by atoms with Crippen molar-refractivity contribution < 1.29 is 4.39 Å². The summed E-state index contributed by atoms with van der Waals surface area (Å²) in [5.41, 5.74) is 0.285. The molecule has 102 valence electrons. The molecule has 0 bridgehead atoms. The first-order chi connectivity index (χ1) is 9.04. The van der Waals surface area contributed by atoms with Crippen LogP contribution in [0.2, 0.25) is 0 Å². The fraction of sp³-hybridized carbons (Fsp3) is 0.333. The lowest BCUT2D eigenvalue weighted by Crippen LogP contribution is -2.15. The highest BCUT2D eigenvalue weighted by Crippen LogP contribution is 2.33. The van der Waals surface area contributed by atoms with Gasteiger partial charge in [-0.1, -0.05) is 6.07 Å². The quantitative estimate of drug-likeness (QED) is 0.895. The summed E-state index contributed by atoms with van der Waals surface area (Å²) >= 11 is 1.26. The fourth-order valence-electron chi connectivity index (χ4n) is 1.69. The van der Waals surface area contributed by atoms with Crippen LogP contribution >= 0.6 is 11.8 Å². The molecule has 2 N–H and O–H groups in total. The van der Waals surface area contributed by atoms with Crippen molar-refractivity contribution in [3.8, 4) is 0 Å². The second-order valence-electron chi connectivity index (χ2n) is 4.13. The lowest BCUT2D eigenvalue weighted by atomic mass is 10.1. The number of benzene rings is 1. The normalized spacial score (nSPS) is 12.6. The Morgan fingerprint density at radius 1 is 1.53 bits per heavy atom. The molecular formula is C12H15FN4OS. The van der Waals surface area contributed by atoms with E-state index in [1.54, 1.807) is 20.2 Å². The van der Waals surface area contributed by atoms with Gasteiger partial charge in [-0.25, -0.2) is 14.3 Å². The molecule has 0 saturated heterocycles. The molecule has 7 heteroatoms. The van der Waals surface area contributed by atoms with Gasteiger partial charge in [-0.15, -0.1) is 5.10 Å². The van der Waals surface area contributed by atoms with E-state index in [9.17, 15) is 9.18 Å². The van der Waals surface area contributed by atoms with Gasteiger partial charge in [-0.05, 0) is 37.9 Å². The molecule has 1 aromatic carbocycles. The molecule has 0 radical (unpaired) electrons. The first kappa shape index (κ1) is 13.8. The number of hydrogen-bond donors (Lipinski definition) is 2. The van der Waals surface area contributed by atoms with Crippen molar-refractivity contribution in [2.45, 2.75) is 23.0 Å². The van der Waals surface area contributed by atoms with Gasteiger partial charge in [0.05, 0.1) is 0 Å². The number of aromatic amines is 1. The number of nitrogens with zero attached hydrogens (tertiary/aromatic N) is 2. The Morgan fingerprint density at radius 3 is 2.84 bits per heavy atom. The number of hydrogen-bond acceptors (Lipinski definition) is 4. The highest BCUT2D eigenvalue weighted by atomic mass is 32.2. The van der Waals surface area contributed by atoms with Crippen molar-refractivity contribution in [1.29, 1.82) is 0 Å². The minimum atomic E-state index is -0.290. The third-order valence-corrected chi connectivity index (χ3v) is 4.04. The van der Waals surface area contributed by atoms with Crippen molar-refractivity contribution in [2.75, 3.05) is 7.05 Å². The largest absolute Gasteiger partial charge is 0.343 e. The van der Waals surface area contributed by atoms with E-state index < -0.39 is 0 Å². The molecule has 1 unspecified atom stereocenters. The zero-order chi connectivity index (χ0) is 14.0. The molecule has 0 saturated carbocycles. The third kappa shape index (κ3) is 2.71. The monoisotopic (exact) mass is 282 g/mol. The van der Waals surface area contributed by atoms with E-state index >= 15 is 0 Å². The van der Waals surface area contributed by atoms with Crippen LogP contribution in [-0.2, 0) is 7.05 Å². The maximum atomic E-state index is 13.9. The number of nitrogens with one attached hydrogen (secondary N) is 2. The van der Waals surface area contributed by atoms with Crippen LogP contribution in [0.5, 0.6) is 0 Å². The van der Waals surface area contributed by atoms with E-state index in [1.807, 2.05) is 13.0 Å². The van der Waals surface area contributed by atoms with Gasteiger partial charge >= 0.3 is 5.69 Å². The summed E-state index contributed by atoms with van der Waals surface area (Å²) in [6.07, 6.45) is 0. The van der Waals surface area contributed by atoms with Crippen molar-refractivity contribution >= 4 is 11.8 Å². The summed E-state index contributed by atoms with van der Waals surface area (Å²) in [5.74, 6) is -0.271. The SMILES string of the molecule is CNC(C)c1c(F)cccc1Sc1n[nH]c(=O)n1C. The van der Waals surface area contributed by atoms with E-state index in [0.29, 0.717) is 10.7 Å². The maximum Gasteiger partial charge on any atom is 0.343 e. The summed E-state index contributed by atoms with van der Waals surface area (Å²) in [5, 5.41) is 9.79. The average molecular weight is 282 g/mol. The van der Waals surface area contributed by atoms with Crippen LogP contribution in [0.3, 0.4) is 0 Å². The molecule has 0 fully saturated rings. The molecule has 19 heavy (non-hydrogen) atoms. The Bertz CT molecular complexity index is 637. The summed E-state index contributed by atoms with van der Waals surface area (Å²) in [6, 6.07) is 4.76. The van der Waals surface area contributed by atoms with Crippen LogP contribution in [0.1, 0.15) is 18.5 Å². The van der Waals surface area contributed by atoms with E-state index in [0.717, 1.165) is 4.90 Å². The first-order valence-electron chi connectivity index (χ1n) is 5.79. The van der Waals surface area contributed by atoms with Crippen LogP contribution < -0.4 is 11.0 Å². The first-order valence-corrected chi connectivity index (χ1v) is 6.61. The summed E-state index contributed by atoms with van der Waals surface area (Å²) in [6.45, 7) is 1.88. The summed E-state index contributed by atoms with van der Waals surface area (Å²) in [7, 11) is 3.39. The van der Waals surface area contributed by atoms with E-state index in [2.05, 4.69) is 15.5 Å². The Labute approximate surface area is 114 Å². The molecule has 0 aliphatic carbocycles. The Morgan fingerprint density at radius 2 is 2.26 bits per heavy atom. The summed E-state index contributed by atoms with van der Waals surface area (Å²) < 4.78 is 15.3. The molecule has 2 rings (SSSR count). The Kier molecular flexibility index (Phi) is 4.06. The number of rotatable bonds is 4. The Balaban J connectivity index is 2.43. The van der Waals surface area contributed by atoms with Gasteiger partial charge in [0.2, 0.25) is 0 Å². The number of aromatic nitrogens is 3. The molecule has 1 atom stereocenters. The van der Waals surface area contributed by atoms with E-state index in [1.165, 1.54) is 22.4 Å². The van der Waals surface area contributed by atoms with Crippen LogP contribution in [0.4, 0.5) is 4.39 Å². The highest BCUT2D eigenvalue weighted by Gasteiger charge is 2.17. The zero-order valence-electron chi connectivity index (χ0n) is 10.9. The van der Waals surface area contributed by atoms with Gasteiger partial charge in [0.15, 0.2) is 5.16 Å². The van der Waals surface area contributed by atoms with Crippen LogP contribution in [-0.4, -0.2) is 21.8 Å². The number of halogens is 1. The second-order valence-corrected chi connectivity index (χ2v) is 5.14. The van der Waals surface area contributed by atoms with Gasteiger partial charge < -0.3 is 5.32 Å². The molecule has 0 aliphatic rings. The van der Waals surface area contributed by atoms with Crippen molar-refractivity contribution in [3.63, 3.8) is 0 Å². The van der Waals surface area contributed by atoms with Crippen LogP contribution in [0.25, 0.3) is 0 Å². The average Bonchev–Trinajstić information content (AvgIpc) is 2.70. The van der Waals surface area contributed by atoms with Crippen molar-refractivity contribution in [2.24, 2.45) is 7.05 Å². The van der Waals surface area contributed by atoms with Gasteiger partial charge in [0.25, 0.3) is 0 Å². The van der Waals surface area contributed by atoms with E-state index in [4.69, 9.17) is 0 Å². The van der Waals surface area contributed by atoms with Gasteiger partial charge in [-0.3, -0.25) is 4.57 Å². The molecule has 1 aromatic heterocycles. The van der Waals surface area contributed by atoms with Gasteiger partial charge in [0.1, 0.15) is 5.82 Å². The molecule has 2 aromatic rings. The van der Waals surface area contributed by atoms with Crippen molar-refractivity contribution in [1.82, 2.24) is 20.1 Å². The maximum absolute atomic E-state index is 13.9. The molecule has 0 aliphatic heterocycles. The topological polar surface area (TPSA) is 62.7 Å².